The van der Waals surface area contributed by atoms with Crippen LogP contribution in [0.2, 0.25) is 0 Å². The molecule has 0 N–H and O–H groups in total. The highest BCUT2D eigenvalue weighted by Gasteiger charge is 2.16. The molecule has 0 radical (unpaired) electrons. The second kappa shape index (κ2) is 6.32. The zero-order valence-corrected chi connectivity index (χ0v) is 15.8. The molecule has 4 rings (SSSR count). The molecule has 0 atom stereocenters. The molecule has 2 heterocycles. The highest BCUT2D eigenvalue weighted by molar-refractivity contribution is 9.10. The Kier molecular flexibility index (Phi) is 4.17. The molecule has 24 heavy (non-hydrogen) atoms. The largest absolute Gasteiger partial charge is 0.287 e. The van der Waals surface area contributed by atoms with Crippen LogP contribution in [-0.4, -0.2) is 14.4 Å². The van der Waals surface area contributed by atoms with Gasteiger partial charge in [-0.05, 0) is 54.1 Å². The summed E-state index contributed by atoms with van der Waals surface area (Å²) in [4.78, 5) is 9.30. The van der Waals surface area contributed by atoms with E-state index in [0.29, 0.717) is 0 Å². The third-order valence-corrected chi connectivity index (χ3v) is 6.38. The van der Waals surface area contributed by atoms with Crippen LogP contribution in [0.4, 0.5) is 0 Å². The van der Waals surface area contributed by atoms with E-state index in [1.807, 2.05) is 6.92 Å². The molecular formula is C20H22BrN3. The molecule has 0 amide bonds. The van der Waals surface area contributed by atoms with E-state index in [4.69, 9.17) is 4.98 Å². The normalized spacial score (nSPS) is 16.0. The summed E-state index contributed by atoms with van der Waals surface area (Å²) in [6, 6.07) is 9.00. The zero-order chi connectivity index (χ0) is 16.7. The van der Waals surface area contributed by atoms with Crippen LogP contribution in [-0.2, 0) is 0 Å². The number of nitrogens with zero attached hydrogens (tertiary/aromatic N) is 3. The summed E-state index contributed by atoms with van der Waals surface area (Å²) in [6.07, 6.45) is 8.90. The number of halogens is 1. The Morgan fingerprint density at radius 2 is 1.71 bits per heavy atom. The summed E-state index contributed by atoms with van der Waals surface area (Å²) in [7, 11) is 0. The van der Waals surface area contributed by atoms with E-state index in [0.717, 1.165) is 38.8 Å². The molecular weight excluding hydrogens is 362 g/mol. The van der Waals surface area contributed by atoms with Gasteiger partial charge in [0.15, 0.2) is 0 Å². The zero-order valence-electron chi connectivity index (χ0n) is 14.2. The monoisotopic (exact) mass is 383 g/mol. The standard InChI is InChI=1S/C20H22BrN3/c1-13-19(21)14(2)24-12-18(23-20(24)22-13)17-10-8-16(9-11-17)15-6-4-3-5-7-15/h8-12,15H,3-7H2,1-2H3. The SMILES string of the molecule is Cc1nc2nc(-c3ccc(C4CCCCC4)cc3)cn2c(C)c1Br. The quantitative estimate of drug-likeness (QED) is 0.557. The van der Waals surface area contributed by atoms with E-state index in [1.54, 1.807) is 0 Å². The maximum Gasteiger partial charge on any atom is 0.234 e. The molecule has 1 aromatic carbocycles. The molecule has 3 nitrogen and oxygen atoms in total. The molecule has 1 fully saturated rings. The Morgan fingerprint density at radius 3 is 2.42 bits per heavy atom. The number of imidazole rings is 1. The summed E-state index contributed by atoms with van der Waals surface area (Å²) in [5.74, 6) is 1.51. The van der Waals surface area contributed by atoms with Crippen molar-refractivity contribution in [3.8, 4) is 11.3 Å². The minimum Gasteiger partial charge on any atom is -0.287 e. The first kappa shape index (κ1) is 15.8. The summed E-state index contributed by atoms with van der Waals surface area (Å²) < 4.78 is 3.10. The lowest BCUT2D eigenvalue weighted by Gasteiger charge is -2.21. The number of aromatic nitrogens is 3. The Bertz CT molecular complexity index is 874. The molecule has 2 aromatic heterocycles. The van der Waals surface area contributed by atoms with Crippen molar-refractivity contribution in [3.63, 3.8) is 0 Å². The number of hydrogen-bond donors (Lipinski definition) is 0. The van der Waals surface area contributed by atoms with Gasteiger partial charge in [-0.2, -0.15) is 0 Å². The second-order valence-electron chi connectivity index (χ2n) is 6.85. The van der Waals surface area contributed by atoms with E-state index in [2.05, 4.69) is 62.7 Å². The average molecular weight is 384 g/mol. The molecule has 1 aliphatic rings. The summed E-state index contributed by atoms with van der Waals surface area (Å²) >= 11 is 3.61. The van der Waals surface area contributed by atoms with Gasteiger partial charge in [0.1, 0.15) is 0 Å². The number of fused-ring (bicyclic) bond motifs is 1. The lowest BCUT2D eigenvalue weighted by Crippen LogP contribution is -2.04. The maximum atomic E-state index is 4.72. The van der Waals surface area contributed by atoms with Crippen molar-refractivity contribution in [1.29, 1.82) is 0 Å². The van der Waals surface area contributed by atoms with E-state index in [1.165, 1.54) is 37.7 Å². The first-order valence-electron chi connectivity index (χ1n) is 8.75. The van der Waals surface area contributed by atoms with Crippen LogP contribution in [0.1, 0.15) is 55.0 Å². The predicted molar refractivity (Wildman–Crippen MR) is 101 cm³/mol. The molecule has 1 saturated carbocycles. The minimum atomic E-state index is 0.747. The Morgan fingerprint density at radius 1 is 1.00 bits per heavy atom. The van der Waals surface area contributed by atoms with Crippen LogP contribution >= 0.6 is 15.9 Å². The van der Waals surface area contributed by atoms with Gasteiger partial charge in [0.25, 0.3) is 0 Å². The van der Waals surface area contributed by atoms with Gasteiger partial charge < -0.3 is 0 Å². The van der Waals surface area contributed by atoms with Gasteiger partial charge in [0, 0.05) is 17.5 Å². The first-order chi connectivity index (χ1) is 11.6. The van der Waals surface area contributed by atoms with Gasteiger partial charge in [-0.3, -0.25) is 4.40 Å². The third-order valence-electron chi connectivity index (χ3n) is 5.23. The molecule has 0 aliphatic heterocycles. The van der Waals surface area contributed by atoms with Crippen molar-refractivity contribution in [2.24, 2.45) is 0 Å². The van der Waals surface area contributed by atoms with Crippen LogP contribution in [0.15, 0.2) is 34.9 Å². The van der Waals surface area contributed by atoms with Gasteiger partial charge in [0.05, 0.1) is 15.9 Å². The van der Waals surface area contributed by atoms with Crippen LogP contribution < -0.4 is 0 Å². The third kappa shape index (κ3) is 2.77. The van der Waals surface area contributed by atoms with Gasteiger partial charge >= 0.3 is 0 Å². The van der Waals surface area contributed by atoms with Crippen LogP contribution in [0, 0.1) is 13.8 Å². The Balaban J connectivity index is 1.68. The summed E-state index contributed by atoms with van der Waals surface area (Å²) in [5.41, 5.74) is 5.74. The Labute approximate surface area is 151 Å². The van der Waals surface area contributed by atoms with E-state index < -0.39 is 0 Å². The fourth-order valence-corrected chi connectivity index (χ4v) is 4.04. The van der Waals surface area contributed by atoms with Crippen molar-refractivity contribution >= 4 is 21.7 Å². The van der Waals surface area contributed by atoms with Crippen LogP contribution in [0.3, 0.4) is 0 Å². The molecule has 3 aromatic rings. The average Bonchev–Trinajstić information content (AvgIpc) is 3.05. The molecule has 0 spiro atoms. The lowest BCUT2D eigenvalue weighted by atomic mass is 9.84. The highest BCUT2D eigenvalue weighted by atomic mass is 79.9. The highest BCUT2D eigenvalue weighted by Crippen LogP contribution is 2.33. The van der Waals surface area contributed by atoms with Crippen molar-refractivity contribution in [2.45, 2.75) is 51.9 Å². The number of benzene rings is 1. The summed E-state index contributed by atoms with van der Waals surface area (Å²) in [6.45, 7) is 4.09. The molecule has 0 bridgehead atoms. The predicted octanol–water partition coefficient (Wildman–Crippen LogP) is 5.82. The van der Waals surface area contributed by atoms with E-state index in [-0.39, 0.29) is 0 Å². The molecule has 0 saturated heterocycles. The second-order valence-corrected chi connectivity index (χ2v) is 7.64. The number of hydrogen-bond acceptors (Lipinski definition) is 2. The smallest absolute Gasteiger partial charge is 0.234 e. The van der Waals surface area contributed by atoms with Gasteiger partial charge in [-0.25, -0.2) is 9.97 Å². The molecule has 4 heteroatoms. The lowest BCUT2D eigenvalue weighted by molar-refractivity contribution is 0.443. The van der Waals surface area contributed by atoms with Crippen LogP contribution in [0.25, 0.3) is 17.0 Å². The first-order valence-corrected chi connectivity index (χ1v) is 9.55. The number of aryl methyl sites for hydroxylation is 2. The summed E-state index contributed by atoms with van der Waals surface area (Å²) in [5, 5.41) is 0. The fraction of sp³-hybridized carbons (Fsp3) is 0.400. The molecule has 124 valence electrons. The van der Waals surface area contributed by atoms with Crippen molar-refractivity contribution in [2.75, 3.05) is 0 Å². The van der Waals surface area contributed by atoms with Crippen molar-refractivity contribution in [1.82, 2.24) is 14.4 Å². The van der Waals surface area contributed by atoms with E-state index in [9.17, 15) is 0 Å². The van der Waals surface area contributed by atoms with Gasteiger partial charge in [-0.1, -0.05) is 43.5 Å². The molecule has 1 aliphatic carbocycles. The maximum absolute atomic E-state index is 4.72. The number of rotatable bonds is 2. The van der Waals surface area contributed by atoms with Crippen molar-refractivity contribution in [3.05, 3.63) is 51.9 Å². The topological polar surface area (TPSA) is 30.2 Å². The van der Waals surface area contributed by atoms with E-state index >= 15 is 0 Å². The van der Waals surface area contributed by atoms with Gasteiger partial charge in [0.2, 0.25) is 5.78 Å². The van der Waals surface area contributed by atoms with Gasteiger partial charge in [-0.15, -0.1) is 0 Å². The molecule has 0 unspecified atom stereocenters. The Hall–Kier alpha value is -1.68. The van der Waals surface area contributed by atoms with Crippen LogP contribution in [0.5, 0.6) is 0 Å². The fourth-order valence-electron chi connectivity index (χ4n) is 3.76. The van der Waals surface area contributed by atoms with Crippen molar-refractivity contribution < 1.29 is 0 Å². The minimum absolute atomic E-state index is 0.747.